The summed E-state index contributed by atoms with van der Waals surface area (Å²) in [7, 11) is -4.73. The van der Waals surface area contributed by atoms with Crippen molar-refractivity contribution in [2.45, 2.75) is 13.3 Å². The number of thiophene rings is 1. The van der Waals surface area contributed by atoms with Crippen molar-refractivity contribution in [1.82, 2.24) is 0 Å². The average molecular weight is 370 g/mol. The van der Waals surface area contributed by atoms with Crippen LogP contribution in [0.15, 0.2) is 36.4 Å². The van der Waals surface area contributed by atoms with Crippen LogP contribution >= 0.6 is 18.9 Å². The minimum atomic E-state index is -4.73. The Bertz CT molecular complexity index is 718. The van der Waals surface area contributed by atoms with Gasteiger partial charge >= 0.3 is 7.60 Å². The van der Waals surface area contributed by atoms with E-state index in [1.165, 1.54) is 6.07 Å². The van der Waals surface area contributed by atoms with Gasteiger partial charge in [0.25, 0.3) is 5.52 Å². The van der Waals surface area contributed by atoms with E-state index in [-0.39, 0.29) is 4.88 Å². The van der Waals surface area contributed by atoms with Gasteiger partial charge in [0.2, 0.25) is 0 Å². The van der Waals surface area contributed by atoms with Gasteiger partial charge in [-0.05, 0) is 36.8 Å². The van der Waals surface area contributed by atoms with Gasteiger partial charge in [-0.3, -0.25) is 9.36 Å². The summed E-state index contributed by atoms with van der Waals surface area (Å²) in [6.45, 7) is 3.63. The first-order chi connectivity index (χ1) is 11.4. The Morgan fingerprint density at radius 1 is 1.12 bits per heavy atom. The van der Waals surface area contributed by atoms with Crippen molar-refractivity contribution in [3.8, 4) is 5.75 Å². The molecule has 0 amide bonds. The number of ether oxygens (including phenoxy) is 2. The van der Waals surface area contributed by atoms with Crippen molar-refractivity contribution in [2.24, 2.45) is 0 Å². The van der Waals surface area contributed by atoms with Gasteiger partial charge in [-0.15, -0.1) is 11.3 Å². The molecule has 0 atom stereocenters. The van der Waals surface area contributed by atoms with Crippen molar-refractivity contribution in [3.63, 3.8) is 0 Å². The van der Waals surface area contributed by atoms with Gasteiger partial charge in [0.1, 0.15) is 12.4 Å². The summed E-state index contributed by atoms with van der Waals surface area (Å²) in [5.74, 6) is 0.752. The predicted molar refractivity (Wildman–Crippen MR) is 91.9 cm³/mol. The SMILES string of the molecule is CCOCCOc1ccc(Cc2ccc(C(=O)P(=O)(O)O)s2)cc1. The highest BCUT2D eigenvalue weighted by Crippen LogP contribution is 2.41. The van der Waals surface area contributed by atoms with E-state index in [0.29, 0.717) is 26.2 Å². The third-order valence-corrected chi connectivity index (χ3v) is 5.14. The molecule has 24 heavy (non-hydrogen) atoms. The van der Waals surface area contributed by atoms with Gasteiger partial charge < -0.3 is 19.3 Å². The second-order valence-corrected chi connectivity index (χ2v) is 7.64. The molecule has 1 aromatic heterocycles. The van der Waals surface area contributed by atoms with Crippen molar-refractivity contribution >= 4 is 24.5 Å². The third-order valence-electron chi connectivity index (χ3n) is 3.14. The summed E-state index contributed by atoms with van der Waals surface area (Å²) in [6.07, 6.45) is 0.582. The first-order valence-corrected chi connectivity index (χ1v) is 9.81. The topological polar surface area (TPSA) is 93.1 Å². The zero-order chi connectivity index (χ0) is 17.6. The summed E-state index contributed by atoms with van der Waals surface area (Å²) in [5.41, 5.74) is -0.110. The quantitative estimate of drug-likeness (QED) is 0.521. The van der Waals surface area contributed by atoms with E-state index >= 15 is 0 Å². The number of rotatable bonds is 9. The van der Waals surface area contributed by atoms with Crippen LogP contribution in [0.5, 0.6) is 5.75 Å². The van der Waals surface area contributed by atoms with Crippen LogP contribution in [0.1, 0.15) is 27.0 Å². The van der Waals surface area contributed by atoms with Gasteiger partial charge in [0.15, 0.2) is 0 Å². The standard InChI is InChI=1S/C16H19O6PS/c1-2-21-9-10-22-13-5-3-12(4-6-13)11-14-7-8-15(24-14)16(17)23(18,19)20/h3-8H,2,9-11H2,1H3,(H2,18,19,20). The van der Waals surface area contributed by atoms with E-state index in [2.05, 4.69) is 0 Å². The fourth-order valence-electron chi connectivity index (χ4n) is 2.00. The molecule has 0 aliphatic heterocycles. The Balaban J connectivity index is 1.93. The van der Waals surface area contributed by atoms with Crippen LogP contribution in [-0.4, -0.2) is 35.1 Å². The van der Waals surface area contributed by atoms with E-state index in [1.54, 1.807) is 6.07 Å². The molecule has 0 unspecified atom stereocenters. The molecule has 1 heterocycles. The maximum Gasteiger partial charge on any atom is 0.397 e. The van der Waals surface area contributed by atoms with E-state index in [0.717, 1.165) is 27.5 Å². The normalized spacial score (nSPS) is 11.5. The zero-order valence-corrected chi connectivity index (χ0v) is 14.9. The fourth-order valence-corrected chi connectivity index (χ4v) is 3.73. The van der Waals surface area contributed by atoms with Gasteiger partial charge in [-0.2, -0.15) is 0 Å². The molecular formula is C16H19O6PS. The Kier molecular flexibility index (Phi) is 6.71. The molecule has 0 fully saturated rings. The van der Waals surface area contributed by atoms with Crippen LogP contribution in [0.4, 0.5) is 0 Å². The lowest BCUT2D eigenvalue weighted by Gasteiger charge is -2.07. The maximum absolute atomic E-state index is 11.5. The minimum Gasteiger partial charge on any atom is -0.491 e. The summed E-state index contributed by atoms with van der Waals surface area (Å²) >= 11 is 1.10. The molecule has 0 saturated carbocycles. The molecule has 0 spiro atoms. The highest BCUT2D eigenvalue weighted by molar-refractivity contribution is 7.71. The first-order valence-electron chi connectivity index (χ1n) is 7.38. The lowest BCUT2D eigenvalue weighted by Crippen LogP contribution is -2.06. The van der Waals surface area contributed by atoms with Gasteiger partial charge in [-0.1, -0.05) is 12.1 Å². The van der Waals surface area contributed by atoms with E-state index in [4.69, 9.17) is 19.3 Å². The van der Waals surface area contributed by atoms with Crippen molar-refractivity contribution in [1.29, 1.82) is 0 Å². The Hall–Kier alpha value is -1.50. The molecule has 8 heteroatoms. The monoisotopic (exact) mass is 370 g/mol. The van der Waals surface area contributed by atoms with E-state index in [9.17, 15) is 9.36 Å². The Morgan fingerprint density at radius 3 is 2.46 bits per heavy atom. The van der Waals surface area contributed by atoms with Gasteiger partial charge in [-0.25, -0.2) is 0 Å². The molecule has 0 radical (unpaired) electrons. The summed E-state index contributed by atoms with van der Waals surface area (Å²) < 4.78 is 21.7. The van der Waals surface area contributed by atoms with Crippen LogP contribution in [-0.2, 0) is 15.7 Å². The molecule has 0 saturated heterocycles. The van der Waals surface area contributed by atoms with Gasteiger partial charge in [0.05, 0.1) is 11.5 Å². The lowest BCUT2D eigenvalue weighted by molar-refractivity contribution is 0.104. The predicted octanol–water partition coefficient (Wildman–Crippen LogP) is 3.07. The number of carbonyl (C=O) groups is 1. The van der Waals surface area contributed by atoms with E-state index < -0.39 is 13.1 Å². The zero-order valence-electron chi connectivity index (χ0n) is 13.2. The molecule has 2 N–H and O–H groups in total. The number of benzene rings is 1. The number of hydrogen-bond acceptors (Lipinski definition) is 5. The third kappa shape index (κ3) is 5.54. The molecule has 6 nitrogen and oxygen atoms in total. The summed E-state index contributed by atoms with van der Waals surface area (Å²) in [5, 5.41) is 0. The lowest BCUT2D eigenvalue weighted by atomic mass is 10.1. The van der Waals surface area contributed by atoms with Crippen LogP contribution in [0.2, 0.25) is 0 Å². The fraction of sp³-hybridized carbons (Fsp3) is 0.312. The molecule has 0 bridgehead atoms. The molecule has 1 aromatic carbocycles. The van der Waals surface area contributed by atoms with Crippen molar-refractivity contribution in [2.75, 3.05) is 19.8 Å². The van der Waals surface area contributed by atoms with E-state index in [1.807, 2.05) is 31.2 Å². The smallest absolute Gasteiger partial charge is 0.397 e. The Morgan fingerprint density at radius 2 is 1.83 bits per heavy atom. The Labute approximate surface area is 144 Å². The number of hydrogen-bond donors (Lipinski definition) is 2. The molecule has 130 valence electrons. The molecule has 2 aromatic rings. The molecule has 2 rings (SSSR count). The molecule has 0 aliphatic rings. The summed E-state index contributed by atoms with van der Waals surface area (Å²) in [4.78, 5) is 30.3. The number of carbonyl (C=O) groups excluding carboxylic acids is 1. The van der Waals surface area contributed by atoms with Gasteiger partial charge in [0, 0.05) is 17.9 Å². The minimum absolute atomic E-state index is 0.0780. The van der Waals surface area contributed by atoms with Crippen LogP contribution in [0.25, 0.3) is 0 Å². The maximum atomic E-state index is 11.5. The average Bonchev–Trinajstić information content (AvgIpc) is 3.00. The first kappa shape index (κ1) is 18.8. The largest absolute Gasteiger partial charge is 0.491 e. The highest BCUT2D eigenvalue weighted by atomic mass is 32.1. The van der Waals surface area contributed by atoms with Crippen LogP contribution < -0.4 is 4.74 Å². The van der Waals surface area contributed by atoms with Crippen LogP contribution in [0.3, 0.4) is 0 Å². The van der Waals surface area contributed by atoms with Crippen molar-refractivity contribution < 1.29 is 28.6 Å². The molecule has 0 aliphatic carbocycles. The summed E-state index contributed by atoms with van der Waals surface area (Å²) in [6, 6.07) is 10.7. The second-order valence-electron chi connectivity index (χ2n) is 4.98. The highest BCUT2D eigenvalue weighted by Gasteiger charge is 2.28. The van der Waals surface area contributed by atoms with Crippen molar-refractivity contribution in [3.05, 3.63) is 51.7 Å². The molecular weight excluding hydrogens is 351 g/mol. The van der Waals surface area contributed by atoms with Crippen LogP contribution in [0, 0.1) is 0 Å². The second kappa shape index (κ2) is 8.55.